The lowest BCUT2D eigenvalue weighted by atomic mass is 10.3. The molecule has 1 aromatic carbocycles. The van der Waals surface area contributed by atoms with E-state index in [0.717, 1.165) is 0 Å². The number of thioether (sulfide) groups is 1. The van der Waals surface area contributed by atoms with Crippen molar-refractivity contribution in [3.05, 3.63) is 30.3 Å². The lowest BCUT2D eigenvalue weighted by molar-refractivity contribution is -0.120. The maximum atomic E-state index is 13.0. The highest BCUT2D eigenvalue weighted by Gasteiger charge is 2.47. The third-order valence-electron chi connectivity index (χ3n) is 2.70. The molecule has 0 aromatic heterocycles. The van der Waals surface area contributed by atoms with Crippen molar-refractivity contribution in [2.75, 3.05) is 18.6 Å². The molecule has 2 rings (SSSR count). The molecule has 1 heterocycles. The molecule has 1 amide bonds. The second-order valence-electron chi connectivity index (χ2n) is 4.24. The van der Waals surface area contributed by atoms with Gasteiger partial charge in [-0.05, 0) is 35.5 Å². The van der Waals surface area contributed by atoms with Crippen molar-refractivity contribution in [3.63, 3.8) is 0 Å². The van der Waals surface area contributed by atoms with Gasteiger partial charge < -0.3 is 9.64 Å². The molecule has 0 fully saturated rings. The predicted octanol–water partition coefficient (Wildman–Crippen LogP) is 3.30. The molecule has 22 heavy (non-hydrogen) atoms. The van der Waals surface area contributed by atoms with Gasteiger partial charge in [-0.1, -0.05) is 18.2 Å². The van der Waals surface area contributed by atoms with E-state index in [4.69, 9.17) is 28.1 Å². The Hall–Kier alpha value is -1.25. The van der Waals surface area contributed by atoms with Crippen LogP contribution in [0, 0.1) is 0 Å². The average Bonchev–Trinajstić information content (AvgIpc) is 2.86. The van der Waals surface area contributed by atoms with Crippen molar-refractivity contribution in [1.29, 1.82) is 0 Å². The van der Waals surface area contributed by atoms with Crippen LogP contribution in [0.1, 0.15) is 0 Å². The van der Waals surface area contributed by atoms with Gasteiger partial charge in [-0.3, -0.25) is 4.79 Å². The number of alkyl halides is 3. The average molecular weight is 370 g/mol. The van der Waals surface area contributed by atoms with Gasteiger partial charge in [0.25, 0.3) is 11.1 Å². The fourth-order valence-corrected chi connectivity index (χ4v) is 2.91. The van der Waals surface area contributed by atoms with E-state index in [9.17, 15) is 13.6 Å². The number of nitrogens with zero attached hydrogens (tertiary/aromatic N) is 3. The van der Waals surface area contributed by atoms with Crippen molar-refractivity contribution in [2.45, 2.75) is 10.8 Å². The van der Waals surface area contributed by atoms with Gasteiger partial charge in [0.05, 0.1) is 0 Å². The quantitative estimate of drug-likeness (QED) is 0.603. The molecule has 0 spiro atoms. The first-order valence-electron chi connectivity index (χ1n) is 6.00. The van der Waals surface area contributed by atoms with Gasteiger partial charge in [-0.15, -0.1) is 5.10 Å². The zero-order valence-electron chi connectivity index (χ0n) is 11.2. The molecule has 1 aromatic rings. The molecular formula is C12H11Cl2F2N3O2S. The van der Waals surface area contributed by atoms with Crippen LogP contribution < -0.4 is 4.90 Å². The fourth-order valence-electron chi connectivity index (χ4n) is 1.56. The Balaban J connectivity index is 1.89. The lowest BCUT2D eigenvalue weighted by Crippen LogP contribution is -2.32. The first-order chi connectivity index (χ1) is 10.3. The molecule has 120 valence electrons. The number of amides is 1. The molecule has 1 atom stereocenters. The van der Waals surface area contributed by atoms with E-state index >= 15 is 0 Å². The van der Waals surface area contributed by atoms with Crippen molar-refractivity contribution < 1.29 is 18.3 Å². The molecule has 0 radical (unpaired) electrons. The number of benzene rings is 1. The van der Waals surface area contributed by atoms with E-state index in [1.807, 2.05) is 6.07 Å². The zero-order valence-corrected chi connectivity index (χ0v) is 13.6. The van der Waals surface area contributed by atoms with Crippen LogP contribution >= 0.6 is 35.1 Å². The Morgan fingerprint density at radius 3 is 2.68 bits per heavy atom. The summed E-state index contributed by atoms with van der Waals surface area (Å²) in [6.45, 7) is -0.359. The van der Waals surface area contributed by atoms with E-state index in [2.05, 4.69) is 5.10 Å². The largest absolute Gasteiger partial charge is 0.462 e. The van der Waals surface area contributed by atoms with E-state index < -0.39 is 10.8 Å². The number of likely N-dealkylation sites (N-methyl/N-ethyl adjacent to an activating group) is 1. The zero-order chi connectivity index (χ0) is 16.3. The van der Waals surface area contributed by atoms with Gasteiger partial charge in [0, 0.05) is 24.5 Å². The van der Waals surface area contributed by atoms with Crippen molar-refractivity contribution in [3.8, 4) is 0 Å². The molecular weight excluding hydrogens is 359 g/mol. The normalized spacial score (nSPS) is 18.1. The van der Waals surface area contributed by atoms with Gasteiger partial charge in [0.2, 0.25) is 0 Å². The molecule has 5 nitrogen and oxygen atoms in total. The predicted molar refractivity (Wildman–Crippen MR) is 83.1 cm³/mol. The SMILES string of the molecule is CN(C(=O)COC1=NN(Cl)C(C(F)(F)Cl)S1)c1ccccc1. The maximum absolute atomic E-state index is 13.0. The number of rotatable bonds is 4. The van der Waals surface area contributed by atoms with Gasteiger partial charge in [-0.2, -0.15) is 13.3 Å². The Bertz CT molecular complexity index is 571. The van der Waals surface area contributed by atoms with Crippen LogP contribution in [0.4, 0.5) is 14.5 Å². The van der Waals surface area contributed by atoms with Crippen LogP contribution in [0.2, 0.25) is 0 Å². The maximum Gasteiger partial charge on any atom is 0.354 e. The van der Waals surface area contributed by atoms with Gasteiger partial charge in [-0.25, -0.2) is 0 Å². The fraction of sp³-hybridized carbons (Fsp3) is 0.333. The summed E-state index contributed by atoms with van der Waals surface area (Å²) >= 11 is 11.0. The van der Waals surface area contributed by atoms with Gasteiger partial charge >= 0.3 is 5.38 Å². The van der Waals surface area contributed by atoms with Crippen LogP contribution in [0.3, 0.4) is 0 Å². The molecule has 0 bridgehead atoms. The highest BCUT2D eigenvalue weighted by molar-refractivity contribution is 8.14. The van der Waals surface area contributed by atoms with Gasteiger partial charge in [0.15, 0.2) is 12.0 Å². The monoisotopic (exact) mass is 369 g/mol. The van der Waals surface area contributed by atoms with E-state index in [0.29, 0.717) is 22.0 Å². The lowest BCUT2D eigenvalue weighted by Gasteiger charge is -2.18. The second kappa shape index (κ2) is 6.89. The van der Waals surface area contributed by atoms with E-state index in [-0.39, 0.29) is 17.7 Å². The Morgan fingerprint density at radius 1 is 1.50 bits per heavy atom. The molecule has 0 saturated carbocycles. The van der Waals surface area contributed by atoms with Crippen LogP contribution in [0.15, 0.2) is 35.4 Å². The summed E-state index contributed by atoms with van der Waals surface area (Å²) in [6, 6.07) is 8.91. The van der Waals surface area contributed by atoms with Crippen molar-refractivity contribution in [2.24, 2.45) is 5.10 Å². The number of para-hydroxylation sites is 1. The molecule has 0 aliphatic carbocycles. The summed E-state index contributed by atoms with van der Waals surface area (Å²) in [5.74, 6) is -0.364. The molecule has 1 aliphatic rings. The smallest absolute Gasteiger partial charge is 0.354 e. The standard InChI is InChI=1S/C12H11Cl2F2N3O2S/c1-18(8-5-3-2-4-6-8)9(20)7-21-11-17-19(14)10(22-11)12(13,15)16/h2-6,10H,7H2,1H3. The summed E-state index contributed by atoms with van der Waals surface area (Å²) in [6.07, 6.45) is 0. The summed E-state index contributed by atoms with van der Waals surface area (Å²) in [5.41, 5.74) is 0.682. The summed E-state index contributed by atoms with van der Waals surface area (Å²) < 4.78 is 31.6. The Kier molecular flexibility index (Phi) is 5.36. The number of hydrazone groups is 1. The van der Waals surface area contributed by atoms with Gasteiger partial charge in [0.1, 0.15) is 0 Å². The van der Waals surface area contributed by atoms with Crippen LogP contribution in [0.5, 0.6) is 0 Å². The minimum Gasteiger partial charge on any atom is -0.462 e. The summed E-state index contributed by atoms with van der Waals surface area (Å²) in [5, 5.41) is -1.75. The molecule has 1 unspecified atom stereocenters. The number of halogens is 4. The van der Waals surface area contributed by atoms with Crippen molar-refractivity contribution >= 4 is 52.0 Å². The van der Waals surface area contributed by atoms with E-state index in [1.54, 1.807) is 31.3 Å². The Morgan fingerprint density at radius 2 is 2.14 bits per heavy atom. The highest BCUT2D eigenvalue weighted by atomic mass is 35.5. The van der Waals surface area contributed by atoms with Crippen LogP contribution in [-0.2, 0) is 9.53 Å². The van der Waals surface area contributed by atoms with Crippen LogP contribution in [-0.4, -0.2) is 40.1 Å². The molecule has 0 N–H and O–H groups in total. The summed E-state index contributed by atoms with van der Waals surface area (Å²) in [7, 11) is 1.58. The molecule has 1 aliphatic heterocycles. The van der Waals surface area contributed by atoms with Crippen LogP contribution in [0.25, 0.3) is 0 Å². The van der Waals surface area contributed by atoms with E-state index in [1.165, 1.54) is 4.90 Å². The third kappa shape index (κ3) is 4.15. The number of hydrogen-bond donors (Lipinski definition) is 0. The number of carbonyl (C=O) groups excluding carboxylic acids is 1. The third-order valence-corrected chi connectivity index (χ3v) is 4.54. The van der Waals surface area contributed by atoms with Crippen molar-refractivity contribution in [1.82, 2.24) is 4.53 Å². The minimum absolute atomic E-state index is 0.143. The number of ether oxygens (including phenoxy) is 1. The first kappa shape index (κ1) is 17.1. The number of anilines is 1. The number of carbonyl (C=O) groups is 1. The minimum atomic E-state index is -3.58. The number of hydrogen-bond acceptors (Lipinski definition) is 5. The topological polar surface area (TPSA) is 45.1 Å². The molecule has 0 saturated heterocycles. The summed E-state index contributed by atoms with van der Waals surface area (Å²) in [4.78, 5) is 13.4. The highest BCUT2D eigenvalue weighted by Crippen LogP contribution is 2.41. The Labute approximate surface area is 139 Å². The molecule has 10 heteroatoms. The second-order valence-corrected chi connectivity index (χ2v) is 6.13. The first-order valence-corrected chi connectivity index (χ1v) is 7.60.